The third kappa shape index (κ3) is 6.47. The second kappa shape index (κ2) is 15.1. The van der Waals surface area contributed by atoms with Crippen molar-refractivity contribution in [3.8, 4) is 44.5 Å². The molecule has 10 aromatic rings. The molecule has 274 valence electrons. The molecule has 0 spiro atoms. The zero-order valence-corrected chi connectivity index (χ0v) is 31.9. The molecule has 0 radical (unpaired) electrons. The Morgan fingerprint density at radius 1 is 0.379 bits per heavy atom. The van der Waals surface area contributed by atoms with Crippen molar-refractivity contribution in [1.82, 2.24) is 0 Å². The van der Waals surface area contributed by atoms with E-state index in [2.05, 4.69) is 206 Å². The molecule has 58 heavy (non-hydrogen) atoms. The van der Waals surface area contributed by atoms with Crippen molar-refractivity contribution in [2.24, 2.45) is 0 Å². The van der Waals surface area contributed by atoms with Crippen LogP contribution in [0.2, 0.25) is 0 Å². The quantitative estimate of drug-likeness (QED) is 0.137. The molecule has 0 saturated heterocycles. The fourth-order valence-corrected chi connectivity index (χ4v) is 8.23. The fourth-order valence-electron chi connectivity index (χ4n) is 8.23. The third-order valence-corrected chi connectivity index (χ3v) is 11.1. The molecular weight excluding hydrogens is 703 g/mol. The molecule has 1 aromatic heterocycles. The van der Waals surface area contributed by atoms with Crippen LogP contribution >= 0.6 is 0 Å². The van der Waals surface area contributed by atoms with Crippen LogP contribution in [0.25, 0.3) is 88.0 Å². The third-order valence-electron chi connectivity index (χ3n) is 11.1. The number of furan rings is 1. The van der Waals surface area contributed by atoms with E-state index in [1.807, 2.05) is 24.3 Å². The van der Waals surface area contributed by atoms with Crippen molar-refractivity contribution in [2.45, 2.75) is 0 Å². The van der Waals surface area contributed by atoms with Gasteiger partial charge in [0.2, 0.25) is 0 Å². The summed E-state index contributed by atoms with van der Waals surface area (Å²) in [6.07, 6.45) is 9.93. The Morgan fingerprint density at radius 3 is 1.86 bits per heavy atom. The number of hydrogen-bond acceptors (Lipinski definition) is 2. The number of fused-ring (bicyclic) bond motifs is 6. The Balaban J connectivity index is 1.05. The molecule has 0 amide bonds. The minimum Gasteiger partial charge on any atom is -0.456 e. The Bertz CT molecular complexity index is 3160. The highest BCUT2D eigenvalue weighted by atomic mass is 16.3. The van der Waals surface area contributed by atoms with E-state index in [1.165, 1.54) is 49.4 Å². The van der Waals surface area contributed by atoms with Crippen LogP contribution in [-0.4, -0.2) is 0 Å². The summed E-state index contributed by atoms with van der Waals surface area (Å²) in [6, 6.07) is 69.7. The largest absolute Gasteiger partial charge is 0.456 e. The van der Waals surface area contributed by atoms with Gasteiger partial charge in [-0.15, -0.1) is 0 Å². The first-order valence-corrected chi connectivity index (χ1v) is 19.7. The van der Waals surface area contributed by atoms with Gasteiger partial charge in [-0.1, -0.05) is 176 Å². The summed E-state index contributed by atoms with van der Waals surface area (Å²) in [5.74, 6) is 0. The first-order chi connectivity index (χ1) is 28.7. The topological polar surface area (TPSA) is 16.4 Å². The van der Waals surface area contributed by atoms with Crippen LogP contribution in [0.15, 0.2) is 236 Å². The molecule has 0 fully saturated rings. The van der Waals surface area contributed by atoms with Gasteiger partial charge in [0.1, 0.15) is 11.2 Å². The molecule has 0 unspecified atom stereocenters. The summed E-state index contributed by atoms with van der Waals surface area (Å²) < 4.78 is 6.23. The van der Waals surface area contributed by atoms with Gasteiger partial charge in [0.15, 0.2) is 0 Å². The van der Waals surface area contributed by atoms with Crippen molar-refractivity contribution >= 4 is 54.9 Å². The lowest BCUT2D eigenvalue weighted by atomic mass is 9.92. The van der Waals surface area contributed by atoms with Gasteiger partial charge in [-0.3, -0.25) is 0 Å². The summed E-state index contributed by atoms with van der Waals surface area (Å²) in [7, 11) is 0. The summed E-state index contributed by atoms with van der Waals surface area (Å²) in [6.45, 7) is 3.86. The van der Waals surface area contributed by atoms with Crippen LogP contribution in [0.3, 0.4) is 0 Å². The molecular formula is C56H39NO. The first-order valence-electron chi connectivity index (χ1n) is 19.7. The SMILES string of the molecule is C=C/C=C\C=C/N(c1ccc(-c2cccc3ccccc23)cc1)c1ccc(-c2ccccc2)c(-c2ccc(-c3ccc4ccc5oc6ccccc6c5c4c3)cc2)c1. The van der Waals surface area contributed by atoms with Crippen LogP contribution in [-0.2, 0) is 0 Å². The number of benzene rings is 9. The van der Waals surface area contributed by atoms with Crippen molar-refractivity contribution in [1.29, 1.82) is 0 Å². The van der Waals surface area contributed by atoms with Gasteiger partial charge < -0.3 is 9.32 Å². The zero-order chi connectivity index (χ0) is 38.8. The number of anilines is 2. The van der Waals surface area contributed by atoms with Crippen LogP contribution in [0.5, 0.6) is 0 Å². The van der Waals surface area contributed by atoms with Gasteiger partial charge in [0.05, 0.1) is 0 Å². The normalized spacial score (nSPS) is 11.7. The molecule has 0 aliphatic carbocycles. The van der Waals surface area contributed by atoms with E-state index in [-0.39, 0.29) is 0 Å². The van der Waals surface area contributed by atoms with Crippen molar-refractivity contribution < 1.29 is 4.42 Å². The van der Waals surface area contributed by atoms with Gasteiger partial charge in [0.25, 0.3) is 0 Å². The Morgan fingerprint density at radius 2 is 1.02 bits per heavy atom. The number of para-hydroxylation sites is 1. The Hall–Kier alpha value is -7.68. The van der Waals surface area contributed by atoms with Crippen LogP contribution < -0.4 is 4.90 Å². The van der Waals surface area contributed by atoms with E-state index in [9.17, 15) is 0 Å². The molecule has 0 saturated carbocycles. The van der Waals surface area contributed by atoms with Gasteiger partial charge in [-0.25, -0.2) is 0 Å². The van der Waals surface area contributed by atoms with E-state index in [4.69, 9.17) is 4.42 Å². The Kier molecular flexibility index (Phi) is 9.06. The lowest BCUT2D eigenvalue weighted by molar-refractivity contribution is 0.669. The zero-order valence-electron chi connectivity index (χ0n) is 31.9. The summed E-state index contributed by atoms with van der Waals surface area (Å²) in [4.78, 5) is 2.25. The van der Waals surface area contributed by atoms with Crippen LogP contribution in [0.4, 0.5) is 11.4 Å². The molecule has 0 atom stereocenters. The molecule has 2 heteroatoms. The molecule has 0 aliphatic rings. The molecule has 0 bridgehead atoms. The maximum absolute atomic E-state index is 6.23. The second-order valence-corrected chi connectivity index (χ2v) is 14.6. The summed E-state index contributed by atoms with van der Waals surface area (Å²) in [5.41, 5.74) is 13.4. The van der Waals surface area contributed by atoms with Crippen LogP contribution in [0.1, 0.15) is 0 Å². The minimum absolute atomic E-state index is 0.913. The average molecular weight is 742 g/mol. The Labute approximate surface area is 338 Å². The van der Waals surface area contributed by atoms with Gasteiger partial charge in [-0.2, -0.15) is 0 Å². The first kappa shape index (κ1) is 34.8. The molecule has 9 aromatic carbocycles. The fraction of sp³-hybridized carbons (Fsp3) is 0. The molecule has 1 heterocycles. The van der Waals surface area contributed by atoms with Crippen LogP contribution in [0, 0.1) is 0 Å². The highest BCUT2D eigenvalue weighted by molar-refractivity contribution is 6.19. The van der Waals surface area contributed by atoms with Gasteiger partial charge in [-0.05, 0) is 115 Å². The lowest BCUT2D eigenvalue weighted by Gasteiger charge is -2.23. The highest BCUT2D eigenvalue weighted by Crippen LogP contribution is 2.40. The molecule has 2 nitrogen and oxygen atoms in total. The van der Waals surface area contributed by atoms with E-state index >= 15 is 0 Å². The maximum Gasteiger partial charge on any atom is 0.136 e. The highest BCUT2D eigenvalue weighted by Gasteiger charge is 2.15. The lowest BCUT2D eigenvalue weighted by Crippen LogP contribution is -2.08. The van der Waals surface area contributed by atoms with Gasteiger partial charge >= 0.3 is 0 Å². The number of nitrogens with zero attached hydrogens (tertiary/aromatic N) is 1. The monoisotopic (exact) mass is 741 g/mol. The molecule has 10 rings (SSSR count). The smallest absolute Gasteiger partial charge is 0.136 e. The minimum atomic E-state index is 0.913. The second-order valence-electron chi connectivity index (χ2n) is 14.6. The molecule has 0 N–H and O–H groups in total. The number of rotatable bonds is 9. The van der Waals surface area contributed by atoms with E-state index in [1.54, 1.807) is 6.08 Å². The number of hydrogen-bond donors (Lipinski definition) is 0. The maximum atomic E-state index is 6.23. The van der Waals surface area contributed by atoms with Crippen molar-refractivity contribution in [3.63, 3.8) is 0 Å². The standard InChI is InChI=1S/C56H39NO/c1-2-3-4-12-36-57(46-31-28-42(29-32-46)49-20-13-17-41-16-8-9-18-48(41)49)47-33-34-50(40-14-6-5-7-15-40)52(38-47)43-24-22-39(23-25-43)45-27-26-44-30-35-55-56(53(44)37-45)51-19-10-11-21-54(51)58-55/h2-38H,1H2/b4-3-,36-12-. The predicted octanol–water partition coefficient (Wildman–Crippen LogP) is 16.0. The van der Waals surface area contributed by atoms with E-state index < -0.39 is 0 Å². The average Bonchev–Trinajstić information content (AvgIpc) is 3.68. The van der Waals surface area contributed by atoms with Crippen molar-refractivity contribution in [2.75, 3.05) is 4.90 Å². The predicted molar refractivity (Wildman–Crippen MR) is 248 cm³/mol. The number of allylic oxidation sites excluding steroid dienone is 4. The van der Waals surface area contributed by atoms with E-state index in [0.29, 0.717) is 0 Å². The summed E-state index contributed by atoms with van der Waals surface area (Å²) >= 11 is 0. The van der Waals surface area contributed by atoms with Gasteiger partial charge in [0, 0.05) is 28.3 Å². The van der Waals surface area contributed by atoms with E-state index in [0.717, 1.165) is 50.0 Å². The molecule has 0 aliphatic heterocycles. The summed E-state index contributed by atoms with van der Waals surface area (Å²) in [5, 5.41) is 7.20. The van der Waals surface area contributed by atoms with Crippen molar-refractivity contribution in [3.05, 3.63) is 231 Å².